The Bertz CT molecular complexity index is 600. The second-order valence-corrected chi connectivity index (χ2v) is 7.54. The molecular weight excluding hydrogens is 328 g/mol. The summed E-state index contributed by atoms with van der Waals surface area (Å²) in [5, 5.41) is 3.12. The van der Waals surface area contributed by atoms with Crippen LogP contribution in [0, 0.1) is 5.92 Å². The lowest BCUT2D eigenvalue weighted by Gasteiger charge is -2.35. The fourth-order valence-corrected chi connectivity index (χ4v) is 4.04. The van der Waals surface area contributed by atoms with Gasteiger partial charge in [-0.15, -0.1) is 0 Å². The van der Waals surface area contributed by atoms with E-state index in [0.717, 1.165) is 44.3 Å². The van der Waals surface area contributed by atoms with Crippen molar-refractivity contribution in [1.82, 2.24) is 10.2 Å². The monoisotopic (exact) mass is 358 g/mol. The molecule has 0 atom stereocenters. The van der Waals surface area contributed by atoms with Crippen LogP contribution in [0.25, 0.3) is 0 Å². The quantitative estimate of drug-likeness (QED) is 0.880. The molecule has 1 saturated heterocycles. The maximum absolute atomic E-state index is 12.6. The number of likely N-dealkylation sites (tertiary alicyclic amines) is 1. The molecule has 1 aromatic carbocycles. The summed E-state index contributed by atoms with van der Waals surface area (Å²) >= 11 is 0. The Morgan fingerprint density at radius 2 is 1.69 bits per heavy atom. The van der Waals surface area contributed by atoms with Crippen LogP contribution in [-0.4, -0.2) is 43.0 Å². The van der Waals surface area contributed by atoms with Gasteiger partial charge in [-0.3, -0.25) is 9.59 Å². The van der Waals surface area contributed by atoms with E-state index in [9.17, 15) is 9.59 Å². The van der Waals surface area contributed by atoms with Crippen LogP contribution in [0.4, 0.5) is 0 Å². The molecule has 0 spiro atoms. The van der Waals surface area contributed by atoms with Crippen molar-refractivity contribution in [3.8, 4) is 0 Å². The van der Waals surface area contributed by atoms with Gasteiger partial charge in [0.1, 0.15) is 0 Å². The fourth-order valence-electron chi connectivity index (χ4n) is 4.04. The van der Waals surface area contributed by atoms with Gasteiger partial charge < -0.3 is 15.0 Å². The zero-order chi connectivity index (χ0) is 18.4. The van der Waals surface area contributed by atoms with Crippen molar-refractivity contribution < 1.29 is 14.3 Å². The van der Waals surface area contributed by atoms with Gasteiger partial charge >= 0.3 is 0 Å². The Morgan fingerprint density at radius 1 is 1.04 bits per heavy atom. The van der Waals surface area contributed by atoms with Crippen LogP contribution in [0.15, 0.2) is 24.3 Å². The van der Waals surface area contributed by atoms with E-state index in [1.165, 1.54) is 19.3 Å². The molecule has 1 aromatic rings. The predicted octanol–water partition coefficient (Wildman–Crippen LogP) is 3.13. The van der Waals surface area contributed by atoms with Crippen LogP contribution in [0.3, 0.4) is 0 Å². The first-order valence-electron chi connectivity index (χ1n) is 9.85. The van der Waals surface area contributed by atoms with Gasteiger partial charge in [-0.25, -0.2) is 0 Å². The Morgan fingerprint density at radius 3 is 2.31 bits per heavy atom. The highest BCUT2D eigenvalue weighted by molar-refractivity contribution is 5.94. The smallest absolute Gasteiger partial charge is 0.251 e. The summed E-state index contributed by atoms with van der Waals surface area (Å²) in [5.74, 6) is 0.537. The largest absolute Gasteiger partial charge is 0.380 e. The molecule has 0 radical (unpaired) electrons. The zero-order valence-electron chi connectivity index (χ0n) is 15.7. The number of methoxy groups -OCH3 is 1. The second kappa shape index (κ2) is 9.17. The number of rotatable bonds is 5. The van der Waals surface area contributed by atoms with E-state index in [4.69, 9.17) is 4.74 Å². The van der Waals surface area contributed by atoms with E-state index < -0.39 is 0 Å². The first kappa shape index (κ1) is 18.9. The first-order valence-corrected chi connectivity index (χ1v) is 9.85. The molecule has 1 aliphatic carbocycles. The van der Waals surface area contributed by atoms with E-state index in [2.05, 4.69) is 5.32 Å². The lowest BCUT2D eigenvalue weighted by atomic mass is 9.87. The lowest BCUT2D eigenvalue weighted by Crippen LogP contribution is -2.48. The second-order valence-electron chi connectivity index (χ2n) is 7.54. The number of ether oxygens (including phenoxy) is 1. The summed E-state index contributed by atoms with van der Waals surface area (Å²) in [6, 6.07) is 7.67. The Balaban J connectivity index is 1.45. The molecule has 1 heterocycles. The van der Waals surface area contributed by atoms with E-state index >= 15 is 0 Å². The van der Waals surface area contributed by atoms with Crippen molar-refractivity contribution in [3.05, 3.63) is 35.4 Å². The van der Waals surface area contributed by atoms with Crippen molar-refractivity contribution in [2.75, 3.05) is 20.2 Å². The minimum atomic E-state index is -0.0361. The van der Waals surface area contributed by atoms with E-state index in [1.54, 1.807) is 7.11 Å². The molecule has 0 unspecified atom stereocenters. The number of nitrogens with zero attached hydrogens (tertiary/aromatic N) is 1. The van der Waals surface area contributed by atoms with Crippen LogP contribution in [0.5, 0.6) is 0 Å². The molecule has 5 nitrogen and oxygen atoms in total. The molecule has 2 amide bonds. The summed E-state index contributed by atoms with van der Waals surface area (Å²) in [5.41, 5.74) is 1.73. The van der Waals surface area contributed by atoms with Crippen molar-refractivity contribution >= 4 is 11.8 Å². The van der Waals surface area contributed by atoms with Gasteiger partial charge in [0.15, 0.2) is 0 Å². The van der Waals surface area contributed by atoms with Gasteiger partial charge in [-0.05, 0) is 43.4 Å². The average Bonchev–Trinajstić information content (AvgIpc) is 2.69. The predicted molar refractivity (Wildman–Crippen MR) is 101 cm³/mol. The van der Waals surface area contributed by atoms with Gasteiger partial charge in [-0.2, -0.15) is 0 Å². The summed E-state index contributed by atoms with van der Waals surface area (Å²) < 4.78 is 5.09. The molecule has 142 valence electrons. The molecule has 0 bridgehead atoms. The van der Waals surface area contributed by atoms with Crippen molar-refractivity contribution in [1.29, 1.82) is 0 Å². The van der Waals surface area contributed by atoms with Crippen molar-refractivity contribution in [2.45, 2.75) is 57.6 Å². The number of piperidine rings is 1. The Kier molecular flexibility index (Phi) is 6.67. The number of carbonyl (C=O) groups excluding carboxylic acids is 2. The van der Waals surface area contributed by atoms with E-state index in [-0.39, 0.29) is 17.9 Å². The molecule has 1 saturated carbocycles. The van der Waals surface area contributed by atoms with Crippen LogP contribution < -0.4 is 5.32 Å². The third-order valence-electron chi connectivity index (χ3n) is 5.62. The van der Waals surface area contributed by atoms with Crippen LogP contribution in [0.1, 0.15) is 60.9 Å². The number of benzene rings is 1. The van der Waals surface area contributed by atoms with E-state index in [1.807, 2.05) is 29.2 Å². The van der Waals surface area contributed by atoms with Gasteiger partial charge in [0.25, 0.3) is 5.91 Å². The van der Waals surface area contributed by atoms with Gasteiger partial charge in [0.05, 0.1) is 6.61 Å². The SMILES string of the molecule is COCc1ccc(C(=O)NC2CCN(C(=O)C3CCCCC3)CC2)cc1. The molecule has 0 aromatic heterocycles. The van der Waals surface area contributed by atoms with Crippen molar-refractivity contribution in [3.63, 3.8) is 0 Å². The third-order valence-corrected chi connectivity index (χ3v) is 5.62. The van der Waals surface area contributed by atoms with Crippen LogP contribution in [-0.2, 0) is 16.1 Å². The lowest BCUT2D eigenvalue weighted by molar-refractivity contribution is -0.137. The van der Waals surface area contributed by atoms with Crippen LogP contribution >= 0.6 is 0 Å². The molecule has 1 N–H and O–H groups in total. The van der Waals surface area contributed by atoms with Gasteiger partial charge in [-0.1, -0.05) is 31.4 Å². The molecule has 26 heavy (non-hydrogen) atoms. The van der Waals surface area contributed by atoms with E-state index in [0.29, 0.717) is 18.1 Å². The number of hydrogen-bond acceptors (Lipinski definition) is 3. The molecule has 2 fully saturated rings. The van der Waals surface area contributed by atoms with Gasteiger partial charge in [0.2, 0.25) is 5.91 Å². The Labute approximate surface area is 156 Å². The standard InChI is InChI=1S/C21H30N2O3/c1-26-15-16-7-9-17(10-8-16)20(24)22-19-11-13-23(14-12-19)21(25)18-5-3-2-4-6-18/h7-10,18-19H,2-6,11-15H2,1H3,(H,22,24). The maximum Gasteiger partial charge on any atom is 0.251 e. The zero-order valence-corrected chi connectivity index (χ0v) is 15.7. The molecule has 2 aliphatic rings. The molecule has 1 aliphatic heterocycles. The highest BCUT2D eigenvalue weighted by atomic mass is 16.5. The maximum atomic E-state index is 12.6. The molecular formula is C21H30N2O3. The highest BCUT2D eigenvalue weighted by Crippen LogP contribution is 2.26. The minimum Gasteiger partial charge on any atom is -0.380 e. The summed E-state index contributed by atoms with van der Waals surface area (Å²) in [7, 11) is 1.66. The summed E-state index contributed by atoms with van der Waals surface area (Å²) in [6.45, 7) is 2.06. The number of nitrogens with one attached hydrogen (secondary N) is 1. The number of carbonyl (C=O) groups is 2. The first-order chi connectivity index (χ1) is 12.7. The topological polar surface area (TPSA) is 58.6 Å². The molecule has 3 rings (SSSR count). The average molecular weight is 358 g/mol. The third kappa shape index (κ3) is 4.85. The van der Waals surface area contributed by atoms with Crippen molar-refractivity contribution in [2.24, 2.45) is 5.92 Å². The summed E-state index contributed by atoms with van der Waals surface area (Å²) in [4.78, 5) is 27.1. The normalized spacial score (nSPS) is 19.3. The van der Waals surface area contributed by atoms with Gasteiger partial charge in [0, 0.05) is 37.7 Å². The molecule has 5 heteroatoms. The Hall–Kier alpha value is -1.88. The fraction of sp³-hybridized carbons (Fsp3) is 0.619. The number of hydrogen-bond donors (Lipinski definition) is 1. The van der Waals surface area contributed by atoms with Crippen LogP contribution in [0.2, 0.25) is 0 Å². The minimum absolute atomic E-state index is 0.0361. The highest BCUT2D eigenvalue weighted by Gasteiger charge is 2.29. The number of amides is 2. The summed E-state index contributed by atoms with van der Waals surface area (Å²) in [6.07, 6.45) is 7.42.